The zero-order valence-electron chi connectivity index (χ0n) is 10.00. The van der Waals surface area contributed by atoms with Gasteiger partial charge < -0.3 is 15.7 Å². The molecule has 0 spiro atoms. The standard InChI is InChI=1S/C11H15N3O3S/c1-6-2-7(10(16)17)4-14(3-6)11-13-8(5-18-11)9(12)15/h5-7H,2-4H2,1H3,(H2,12,15)(H,16,17). The van der Waals surface area contributed by atoms with E-state index < -0.39 is 11.9 Å². The molecule has 0 saturated carbocycles. The Labute approximate surface area is 108 Å². The maximum Gasteiger partial charge on any atom is 0.308 e. The average Bonchev–Trinajstić information content (AvgIpc) is 2.77. The maximum absolute atomic E-state index is 11.1. The fourth-order valence-electron chi connectivity index (χ4n) is 2.21. The number of anilines is 1. The van der Waals surface area contributed by atoms with Gasteiger partial charge in [-0.25, -0.2) is 4.98 Å². The second kappa shape index (κ2) is 4.93. The molecule has 0 aromatic carbocycles. The van der Waals surface area contributed by atoms with Gasteiger partial charge in [0.05, 0.1) is 5.92 Å². The highest BCUT2D eigenvalue weighted by Gasteiger charge is 2.30. The summed E-state index contributed by atoms with van der Waals surface area (Å²) >= 11 is 1.32. The van der Waals surface area contributed by atoms with Gasteiger partial charge in [-0.05, 0) is 12.3 Å². The zero-order chi connectivity index (χ0) is 13.3. The summed E-state index contributed by atoms with van der Waals surface area (Å²) in [6.07, 6.45) is 0.680. The van der Waals surface area contributed by atoms with Crippen molar-refractivity contribution >= 4 is 28.3 Å². The summed E-state index contributed by atoms with van der Waals surface area (Å²) in [6.45, 7) is 3.21. The van der Waals surface area contributed by atoms with Crippen molar-refractivity contribution < 1.29 is 14.7 Å². The molecule has 0 bridgehead atoms. The number of primary amides is 1. The number of aliphatic carboxylic acids is 1. The van der Waals surface area contributed by atoms with Gasteiger partial charge in [-0.1, -0.05) is 6.92 Å². The first-order valence-corrected chi connectivity index (χ1v) is 6.58. The van der Waals surface area contributed by atoms with Gasteiger partial charge in [-0.15, -0.1) is 11.3 Å². The van der Waals surface area contributed by atoms with Crippen LogP contribution in [0.4, 0.5) is 5.13 Å². The van der Waals surface area contributed by atoms with Gasteiger partial charge in [0.25, 0.3) is 5.91 Å². The minimum Gasteiger partial charge on any atom is -0.481 e. The van der Waals surface area contributed by atoms with Crippen LogP contribution in [0.25, 0.3) is 0 Å². The van der Waals surface area contributed by atoms with E-state index in [1.165, 1.54) is 11.3 Å². The van der Waals surface area contributed by atoms with Crippen LogP contribution in [0.15, 0.2) is 5.38 Å². The molecule has 1 aliphatic heterocycles. The van der Waals surface area contributed by atoms with E-state index >= 15 is 0 Å². The zero-order valence-corrected chi connectivity index (χ0v) is 10.8. The van der Waals surface area contributed by atoms with Crippen molar-refractivity contribution in [3.8, 4) is 0 Å². The maximum atomic E-state index is 11.1. The number of aromatic nitrogens is 1. The van der Waals surface area contributed by atoms with Crippen LogP contribution < -0.4 is 10.6 Å². The number of carboxylic acids is 1. The minimum absolute atomic E-state index is 0.236. The molecule has 98 valence electrons. The van der Waals surface area contributed by atoms with E-state index in [1.54, 1.807) is 5.38 Å². The van der Waals surface area contributed by atoms with E-state index in [-0.39, 0.29) is 11.6 Å². The number of hydrogen-bond donors (Lipinski definition) is 2. The molecule has 1 aliphatic rings. The van der Waals surface area contributed by atoms with Crippen molar-refractivity contribution in [2.24, 2.45) is 17.6 Å². The average molecular weight is 269 g/mol. The Bertz CT molecular complexity index is 474. The predicted octanol–water partition coefficient (Wildman–Crippen LogP) is 0.789. The lowest BCUT2D eigenvalue weighted by Crippen LogP contribution is -2.42. The summed E-state index contributed by atoms with van der Waals surface area (Å²) in [7, 11) is 0. The van der Waals surface area contributed by atoms with E-state index in [9.17, 15) is 9.59 Å². The summed E-state index contributed by atoms with van der Waals surface area (Å²) in [4.78, 5) is 28.1. The van der Waals surface area contributed by atoms with Crippen molar-refractivity contribution in [2.75, 3.05) is 18.0 Å². The van der Waals surface area contributed by atoms with Crippen molar-refractivity contribution in [2.45, 2.75) is 13.3 Å². The van der Waals surface area contributed by atoms with E-state index in [2.05, 4.69) is 4.98 Å². The second-order valence-electron chi connectivity index (χ2n) is 4.66. The molecule has 0 aliphatic carbocycles. The summed E-state index contributed by atoms with van der Waals surface area (Å²) in [5.74, 6) is -1.42. The number of hydrogen-bond acceptors (Lipinski definition) is 5. The first-order valence-electron chi connectivity index (χ1n) is 5.70. The number of piperidine rings is 1. The monoisotopic (exact) mass is 269 g/mol. The molecule has 2 heterocycles. The molecule has 1 amide bonds. The molecule has 1 fully saturated rings. The van der Waals surface area contributed by atoms with Crippen LogP contribution in [0.2, 0.25) is 0 Å². The third-order valence-corrected chi connectivity index (χ3v) is 3.93. The summed E-state index contributed by atoms with van der Waals surface area (Å²) < 4.78 is 0. The first kappa shape index (κ1) is 12.8. The van der Waals surface area contributed by atoms with E-state index in [4.69, 9.17) is 10.8 Å². The normalized spacial score (nSPS) is 23.9. The van der Waals surface area contributed by atoms with Crippen LogP contribution >= 0.6 is 11.3 Å². The van der Waals surface area contributed by atoms with Gasteiger partial charge in [0.1, 0.15) is 5.69 Å². The second-order valence-corrected chi connectivity index (χ2v) is 5.50. The Morgan fingerprint density at radius 1 is 1.56 bits per heavy atom. The SMILES string of the molecule is CC1CC(C(=O)O)CN(c2nc(C(N)=O)cs2)C1. The fraction of sp³-hybridized carbons (Fsp3) is 0.545. The van der Waals surface area contributed by atoms with Gasteiger partial charge in [-0.3, -0.25) is 9.59 Å². The van der Waals surface area contributed by atoms with Crippen LogP contribution in [0.3, 0.4) is 0 Å². The number of nitrogens with zero attached hydrogens (tertiary/aromatic N) is 2. The van der Waals surface area contributed by atoms with E-state index in [0.717, 1.165) is 6.54 Å². The Kier molecular flexibility index (Phi) is 3.51. The molecule has 7 heteroatoms. The molecule has 1 saturated heterocycles. The number of rotatable bonds is 3. The summed E-state index contributed by atoms with van der Waals surface area (Å²) in [6, 6.07) is 0. The third-order valence-electron chi connectivity index (χ3n) is 3.02. The highest BCUT2D eigenvalue weighted by molar-refractivity contribution is 7.13. The van der Waals surface area contributed by atoms with Crippen LogP contribution in [-0.4, -0.2) is 35.1 Å². The molecule has 2 rings (SSSR count). The molecule has 0 radical (unpaired) electrons. The lowest BCUT2D eigenvalue weighted by molar-refractivity contribution is -0.142. The van der Waals surface area contributed by atoms with Gasteiger partial charge in [0.15, 0.2) is 5.13 Å². The van der Waals surface area contributed by atoms with E-state index in [0.29, 0.717) is 24.0 Å². The Morgan fingerprint density at radius 2 is 2.28 bits per heavy atom. The topological polar surface area (TPSA) is 96.5 Å². The first-order chi connectivity index (χ1) is 8.47. The van der Waals surface area contributed by atoms with Crippen molar-refractivity contribution in [3.05, 3.63) is 11.1 Å². The largest absolute Gasteiger partial charge is 0.481 e. The Morgan fingerprint density at radius 3 is 2.83 bits per heavy atom. The molecule has 18 heavy (non-hydrogen) atoms. The summed E-state index contributed by atoms with van der Waals surface area (Å²) in [5, 5.41) is 11.4. The summed E-state index contributed by atoms with van der Waals surface area (Å²) in [5.41, 5.74) is 5.39. The highest BCUT2D eigenvalue weighted by Crippen LogP contribution is 2.28. The fourth-order valence-corrected chi connectivity index (χ4v) is 3.04. The number of nitrogens with two attached hydrogens (primary N) is 1. The van der Waals surface area contributed by atoms with Crippen molar-refractivity contribution in [3.63, 3.8) is 0 Å². The molecule has 2 unspecified atom stereocenters. The Hall–Kier alpha value is -1.63. The van der Waals surface area contributed by atoms with Crippen LogP contribution in [0.1, 0.15) is 23.8 Å². The van der Waals surface area contributed by atoms with Crippen LogP contribution in [0.5, 0.6) is 0 Å². The number of carbonyl (C=O) groups is 2. The molecular weight excluding hydrogens is 254 g/mol. The smallest absolute Gasteiger partial charge is 0.308 e. The number of amides is 1. The highest BCUT2D eigenvalue weighted by atomic mass is 32.1. The molecule has 1 aromatic rings. The lowest BCUT2D eigenvalue weighted by Gasteiger charge is -2.34. The van der Waals surface area contributed by atoms with Gasteiger partial charge in [0.2, 0.25) is 0 Å². The van der Waals surface area contributed by atoms with Gasteiger partial charge >= 0.3 is 5.97 Å². The molecule has 6 nitrogen and oxygen atoms in total. The number of carbonyl (C=O) groups excluding carboxylic acids is 1. The van der Waals surface area contributed by atoms with Crippen LogP contribution in [-0.2, 0) is 4.79 Å². The van der Waals surface area contributed by atoms with Gasteiger partial charge in [-0.2, -0.15) is 0 Å². The number of carboxylic acid groups (broad SMARTS) is 1. The lowest BCUT2D eigenvalue weighted by atomic mass is 9.91. The molecule has 2 atom stereocenters. The predicted molar refractivity (Wildman–Crippen MR) is 67.8 cm³/mol. The van der Waals surface area contributed by atoms with E-state index in [1.807, 2.05) is 11.8 Å². The quantitative estimate of drug-likeness (QED) is 0.845. The van der Waals surface area contributed by atoms with Crippen molar-refractivity contribution in [1.82, 2.24) is 4.98 Å². The van der Waals surface area contributed by atoms with Gasteiger partial charge in [0, 0.05) is 18.5 Å². The van der Waals surface area contributed by atoms with Crippen LogP contribution in [0, 0.1) is 11.8 Å². The molecule has 3 N–H and O–H groups in total. The van der Waals surface area contributed by atoms with Crippen molar-refractivity contribution in [1.29, 1.82) is 0 Å². The third kappa shape index (κ3) is 2.61. The molecule has 1 aromatic heterocycles. The number of thiazole rings is 1. The Balaban J connectivity index is 2.16. The minimum atomic E-state index is -0.779. The molecular formula is C11H15N3O3S.